The number of para-hydroxylation sites is 1. The Kier molecular flexibility index (Phi) is 7.66. The highest BCUT2D eigenvalue weighted by atomic mass is 32.2. The molecule has 32 heavy (non-hydrogen) atoms. The Morgan fingerprint density at radius 1 is 0.938 bits per heavy atom. The van der Waals surface area contributed by atoms with Gasteiger partial charge in [-0.2, -0.15) is 0 Å². The molecule has 0 fully saturated rings. The molecule has 3 rings (SSSR count). The van der Waals surface area contributed by atoms with Gasteiger partial charge >= 0.3 is 0 Å². The summed E-state index contributed by atoms with van der Waals surface area (Å²) >= 11 is 1.55. The van der Waals surface area contributed by atoms with Gasteiger partial charge in [0, 0.05) is 16.6 Å². The first kappa shape index (κ1) is 23.5. The van der Waals surface area contributed by atoms with Gasteiger partial charge in [-0.15, -0.1) is 11.8 Å². The minimum Gasteiger partial charge on any atom is -0.493 e. The van der Waals surface area contributed by atoms with Crippen LogP contribution in [0.1, 0.15) is 0 Å². The third kappa shape index (κ3) is 5.35. The number of methoxy groups -OCH3 is 2. The minimum atomic E-state index is -4.08. The molecule has 0 heterocycles. The van der Waals surface area contributed by atoms with Crippen LogP contribution in [0, 0.1) is 0 Å². The van der Waals surface area contributed by atoms with E-state index in [0.29, 0.717) is 17.1 Å². The number of anilines is 2. The highest BCUT2D eigenvalue weighted by Crippen LogP contribution is 2.32. The molecule has 0 bridgehead atoms. The minimum absolute atomic E-state index is 0.0174. The molecule has 3 aromatic rings. The van der Waals surface area contributed by atoms with Crippen LogP contribution in [-0.2, 0) is 14.8 Å². The predicted molar refractivity (Wildman–Crippen MR) is 127 cm³/mol. The number of nitrogens with one attached hydrogen (secondary N) is 1. The van der Waals surface area contributed by atoms with Gasteiger partial charge in [0.25, 0.3) is 10.0 Å². The summed E-state index contributed by atoms with van der Waals surface area (Å²) in [5.74, 6) is 0.222. The smallest absolute Gasteiger partial charge is 0.264 e. The van der Waals surface area contributed by atoms with Crippen LogP contribution >= 0.6 is 11.8 Å². The van der Waals surface area contributed by atoms with E-state index < -0.39 is 22.5 Å². The van der Waals surface area contributed by atoms with Gasteiger partial charge < -0.3 is 14.8 Å². The molecule has 0 saturated heterocycles. The average molecular weight is 473 g/mol. The zero-order valence-electron chi connectivity index (χ0n) is 17.9. The predicted octanol–water partition coefficient (Wildman–Crippen LogP) is 4.26. The van der Waals surface area contributed by atoms with Crippen molar-refractivity contribution in [2.24, 2.45) is 0 Å². The summed E-state index contributed by atoms with van der Waals surface area (Å²) in [7, 11) is -1.18. The van der Waals surface area contributed by atoms with Gasteiger partial charge in [-0.3, -0.25) is 9.10 Å². The lowest BCUT2D eigenvalue weighted by Crippen LogP contribution is -2.38. The van der Waals surface area contributed by atoms with Crippen LogP contribution in [0.4, 0.5) is 11.4 Å². The molecule has 0 saturated carbocycles. The van der Waals surface area contributed by atoms with Gasteiger partial charge in [0.15, 0.2) is 11.5 Å². The lowest BCUT2D eigenvalue weighted by Gasteiger charge is -2.24. The van der Waals surface area contributed by atoms with Gasteiger partial charge in [0.1, 0.15) is 6.54 Å². The maximum atomic E-state index is 13.5. The van der Waals surface area contributed by atoms with E-state index in [4.69, 9.17) is 9.47 Å². The van der Waals surface area contributed by atoms with E-state index in [2.05, 4.69) is 5.32 Å². The first-order chi connectivity index (χ1) is 15.4. The van der Waals surface area contributed by atoms with E-state index in [0.717, 1.165) is 9.20 Å². The normalized spacial score (nSPS) is 11.0. The molecule has 168 valence electrons. The molecule has 3 aromatic carbocycles. The number of nitrogens with zero attached hydrogens (tertiary/aromatic N) is 1. The maximum absolute atomic E-state index is 13.5. The number of sulfonamides is 1. The second-order valence-electron chi connectivity index (χ2n) is 6.64. The number of ether oxygens (including phenoxy) is 2. The van der Waals surface area contributed by atoms with Crippen LogP contribution < -0.4 is 19.1 Å². The third-order valence-electron chi connectivity index (χ3n) is 4.63. The molecule has 0 radical (unpaired) electrons. The van der Waals surface area contributed by atoms with Crippen LogP contribution in [0.15, 0.2) is 82.6 Å². The Labute approximate surface area is 192 Å². The van der Waals surface area contributed by atoms with Crippen molar-refractivity contribution in [2.75, 3.05) is 36.6 Å². The van der Waals surface area contributed by atoms with Crippen molar-refractivity contribution in [3.05, 3.63) is 72.8 Å². The van der Waals surface area contributed by atoms with Crippen LogP contribution in [0.3, 0.4) is 0 Å². The third-order valence-corrected chi connectivity index (χ3v) is 7.12. The van der Waals surface area contributed by atoms with E-state index in [-0.39, 0.29) is 10.6 Å². The molecule has 1 amide bonds. The molecular weight excluding hydrogens is 448 g/mol. The fraction of sp³-hybridized carbons (Fsp3) is 0.174. The van der Waals surface area contributed by atoms with Crippen LogP contribution in [0.5, 0.6) is 11.5 Å². The molecular formula is C23H24N2O5S2. The topological polar surface area (TPSA) is 84.9 Å². The molecule has 9 heteroatoms. The quantitative estimate of drug-likeness (QED) is 0.469. The summed E-state index contributed by atoms with van der Waals surface area (Å²) in [5.41, 5.74) is 0.966. The molecule has 0 unspecified atom stereocenters. The highest BCUT2D eigenvalue weighted by Gasteiger charge is 2.28. The lowest BCUT2D eigenvalue weighted by molar-refractivity contribution is -0.114. The molecule has 7 nitrogen and oxygen atoms in total. The van der Waals surface area contributed by atoms with E-state index in [1.165, 1.54) is 32.4 Å². The Morgan fingerprint density at radius 3 is 2.31 bits per heavy atom. The molecule has 0 aromatic heterocycles. The zero-order chi connectivity index (χ0) is 23.1. The van der Waals surface area contributed by atoms with E-state index >= 15 is 0 Å². The van der Waals surface area contributed by atoms with E-state index in [9.17, 15) is 13.2 Å². The summed E-state index contributed by atoms with van der Waals surface area (Å²) in [4.78, 5) is 13.8. The van der Waals surface area contributed by atoms with Gasteiger partial charge in [0.05, 0.1) is 24.8 Å². The number of hydrogen-bond acceptors (Lipinski definition) is 6. The Morgan fingerprint density at radius 2 is 1.66 bits per heavy atom. The Balaban J connectivity index is 1.95. The number of rotatable bonds is 9. The summed E-state index contributed by atoms with van der Waals surface area (Å²) in [6, 6.07) is 20.1. The van der Waals surface area contributed by atoms with Crippen molar-refractivity contribution in [2.45, 2.75) is 9.79 Å². The SMILES string of the molecule is COc1ccc(S(=O)(=O)N(CC(=O)Nc2cccc(SC)c2)c2ccccc2)cc1OC. The molecule has 1 N–H and O–H groups in total. The number of hydrogen-bond donors (Lipinski definition) is 1. The average Bonchev–Trinajstić information content (AvgIpc) is 2.82. The van der Waals surface area contributed by atoms with E-state index in [1.54, 1.807) is 48.2 Å². The van der Waals surface area contributed by atoms with Crippen LogP contribution in [-0.4, -0.2) is 41.3 Å². The Bertz CT molecular complexity index is 1180. The summed E-state index contributed by atoms with van der Waals surface area (Å²) in [6.45, 7) is -0.399. The van der Waals surface area contributed by atoms with Crippen molar-refractivity contribution in [3.8, 4) is 11.5 Å². The second kappa shape index (κ2) is 10.4. The van der Waals surface area contributed by atoms with Gasteiger partial charge in [-0.05, 0) is 48.7 Å². The van der Waals surface area contributed by atoms with Crippen molar-refractivity contribution in [3.63, 3.8) is 0 Å². The van der Waals surface area contributed by atoms with Gasteiger partial charge in [0.2, 0.25) is 5.91 Å². The number of carbonyl (C=O) groups is 1. The number of carbonyl (C=O) groups excluding carboxylic acids is 1. The summed E-state index contributed by atoms with van der Waals surface area (Å²) in [6.07, 6.45) is 1.94. The second-order valence-corrected chi connectivity index (χ2v) is 9.39. The van der Waals surface area contributed by atoms with Crippen molar-refractivity contribution in [1.82, 2.24) is 0 Å². The number of thioether (sulfide) groups is 1. The monoisotopic (exact) mass is 472 g/mol. The van der Waals surface area contributed by atoms with Crippen molar-refractivity contribution >= 4 is 39.1 Å². The highest BCUT2D eigenvalue weighted by molar-refractivity contribution is 7.98. The number of benzene rings is 3. The zero-order valence-corrected chi connectivity index (χ0v) is 19.6. The number of amides is 1. The molecule has 0 spiro atoms. The largest absolute Gasteiger partial charge is 0.493 e. The van der Waals surface area contributed by atoms with Crippen molar-refractivity contribution < 1.29 is 22.7 Å². The maximum Gasteiger partial charge on any atom is 0.264 e. The molecule has 0 aliphatic carbocycles. The fourth-order valence-corrected chi connectivity index (χ4v) is 4.94. The van der Waals surface area contributed by atoms with Crippen LogP contribution in [0.2, 0.25) is 0 Å². The van der Waals surface area contributed by atoms with Gasteiger partial charge in [-0.25, -0.2) is 8.42 Å². The lowest BCUT2D eigenvalue weighted by atomic mass is 10.3. The molecule has 0 aliphatic heterocycles. The summed E-state index contributed by atoms with van der Waals surface area (Å²) in [5, 5.41) is 2.78. The summed E-state index contributed by atoms with van der Waals surface area (Å²) < 4.78 is 38.6. The standard InChI is InChI=1S/C23H24N2O5S2/c1-29-21-13-12-20(15-22(21)30-2)32(27,28)25(18-9-5-4-6-10-18)16-23(26)24-17-8-7-11-19(14-17)31-3/h4-15H,16H2,1-3H3,(H,24,26). The van der Waals surface area contributed by atoms with E-state index in [1.807, 2.05) is 24.5 Å². The van der Waals surface area contributed by atoms with Crippen LogP contribution in [0.25, 0.3) is 0 Å². The fourth-order valence-electron chi connectivity index (χ4n) is 3.05. The first-order valence-corrected chi connectivity index (χ1v) is 12.3. The molecule has 0 atom stereocenters. The van der Waals surface area contributed by atoms with Gasteiger partial charge in [-0.1, -0.05) is 24.3 Å². The Hall–Kier alpha value is -3.17. The molecule has 0 aliphatic rings. The first-order valence-electron chi connectivity index (χ1n) is 9.62. The van der Waals surface area contributed by atoms with Crippen molar-refractivity contribution in [1.29, 1.82) is 0 Å².